The van der Waals surface area contributed by atoms with Crippen molar-refractivity contribution < 1.29 is 9.47 Å². The Morgan fingerprint density at radius 1 is 0.963 bits per heavy atom. The molecule has 0 aliphatic carbocycles. The van der Waals surface area contributed by atoms with Crippen LogP contribution >= 0.6 is 11.6 Å². The Labute approximate surface area is 165 Å². The number of methoxy groups -OCH3 is 1. The summed E-state index contributed by atoms with van der Waals surface area (Å²) >= 11 is 6.07. The topological polar surface area (TPSA) is 30.5 Å². The molecule has 0 radical (unpaired) electrons. The molecule has 27 heavy (non-hydrogen) atoms. The fourth-order valence-corrected chi connectivity index (χ4v) is 3.14. The normalized spacial score (nSPS) is 11.8. The van der Waals surface area contributed by atoms with E-state index in [0.717, 1.165) is 22.6 Å². The van der Waals surface area contributed by atoms with E-state index in [1.54, 1.807) is 7.11 Å². The molecule has 0 heterocycles. The van der Waals surface area contributed by atoms with E-state index in [9.17, 15) is 0 Å². The van der Waals surface area contributed by atoms with Gasteiger partial charge in [-0.3, -0.25) is 0 Å². The van der Waals surface area contributed by atoms with Crippen molar-refractivity contribution in [3.8, 4) is 11.5 Å². The summed E-state index contributed by atoms with van der Waals surface area (Å²) in [5.74, 6) is 1.48. The quantitative estimate of drug-likeness (QED) is 0.536. The summed E-state index contributed by atoms with van der Waals surface area (Å²) in [4.78, 5) is 0. The Balaban J connectivity index is 1.73. The first kappa shape index (κ1) is 19.3. The molecule has 0 bridgehead atoms. The number of hydrogen-bond acceptors (Lipinski definition) is 3. The van der Waals surface area contributed by atoms with Crippen molar-refractivity contribution in [1.82, 2.24) is 5.32 Å². The Bertz CT molecular complexity index is 867. The summed E-state index contributed by atoms with van der Waals surface area (Å²) in [5.41, 5.74) is 3.32. The molecule has 3 aromatic rings. The molecule has 1 N–H and O–H groups in total. The maximum atomic E-state index is 6.11. The predicted molar refractivity (Wildman–Crippen MR) is 110 cm³/mol. The molecule has 0 aromatic heterocycles. The van der Waals surface area contributed by atoms with E-state index in [2.05, 4.69) is 42.6 Å². The Hall–Kier alpha value is -2.49. The molecule has 0 amide bonds. The number of hydrogen-bond donors (Lipinski definition) is 1. The molecule has 3 rings (SSSR count). The van der Waals surface area contributed by atoms with Crippen LogP contribution in [0.1, 0.15) is 29.7 Å². The van der Waals surface area contributed by atoms with Crippen molar-refractivity contribution in [1.29, 1.82) is 0 Å². The number of para-hydroxylation sites is 1. The second-order valence-corrected chi connectivity index (χ2v) is 6.82. The molecule has 0 spiro atoms. The summed E-state index contributed by atoms with van der Waals surface area (Å²) in [6.45, 7) is 3.27. The maximum absolute atomic E-state index is 6.11. The standard InChI is InChI=1S/C23H24ClNO2/c1-17(19-9-4-3-5-10-19)25-15-20-11-7-13-22(26-2)23(20)27-16-18-8-6-12-21(24)14-18/h3-14,17,25H,15-16H2,1-2H3/t17-/m0/s1. The summed E-state index contributed by atoms with van der Waals surface area (Å²) < 4.78 is 11.6. The molecule has 3 nitrogen and oxygen atoms in total. The van der Waals surface area contributed by atoms with Crippen LogP contribution in [0.4, 0.5) is 0 Å². The smallest absolute Gasteiger partial charge is 0.166 e. The van der Waals surface area contributed by atoms with Crippen molar-refractivity contribution in [3.05, 3.63) is 94.5 Å². The summed E-state index contributed by atoms with van der Waals surface area (Å²) in [5, 5.41) is 4.26. The van der Waals surface area contributed by atoms with E-state index >= 15 is 0 Å². The van der Waals surface area contributed by atoms with Crippen LogP contribution in [-0.4, -0.2) is 7.11 Å². The Morgan fingerprint density at radius 3 is 2.48 bits per heavy atom. The highest BCUT2D eigenvalue weighted by Crippen LogP contribution is 2.32. The number of nitrogens with one attached hydrogen (secondary N) is 1. The average Bonchev–Trinajstić information content (AvgIpc) is 2.71. The summed E-state index contributed by atoms with van der Waals surface area (Å²) in [6, 6.07) is 24.3. The fourth-order valence-electron chi connectivity index (χ4n) is 2.93. The molecule has 0 saturated carbocycles. The van der Waals surface area contributed by atoms with Gasteiger partial charge in [-0.25, -0.2) is 0 Å². The number of rotatable bonds is 8. The zero-order valence-corrected chi connectivity index (χ0v) is 16.4. The molecular weight excluding hydrogens is 358 g/mol. The lowest BCUT2D eigenvalue weighted by Gasteiger charge is -2.18. The van der Waals surface area contributed by atoms with Crippen LogP contribution in [0, 0.1) is 0 Å². The maximum Gasteiger partial charge on any atom is 0.166 e. The molecule has 0 saturated heterocycles. The fraction of sp³-hybridized carbons (Fsp3) is 0.217. The van der Waals surface area contributed by atoms with Crippen LogP contribution in [0.25, 0.3) is 0 Å². The van der Waals surface area contributed by atoms with E-state index in [-0.39, 0.29) is 6.04 Å². The van der Waals surface area contributed by atoms with E-state index < -0.39 is 0 Å². The van der Waals surface area contributed by atoms with Gasteiger partial charge in [0.05, 0.1) is 7.11 Å². The third-order valence-corrected chi connectivity index (χ3v) is 4.69. The molecule has 4 heteroatoms. The highest BCUT2D eigenvalue weighted by Gasteiger charge is 2.12. The zero-order chi connectivity index (χ0) is 19.1. The van der Waals surface area contributed by atoms with Crippen LogP contribution in [0.5, 0.6) is 11.5 Å². The molecule has 0 aliphatic heterocycles. The second kappa shape index (κ2) is 9.45. The van der Waals surface area contributed by atoms with Gasteiger partial charge in [-0.2, -0.15) is 0 Å². The van der Waals surface area contributed by atoms with Gasteiger partial charge in [-0.15, -0.1) is 0 Å². The van der Waals surface area contributed by atoms with E-state index in [0.29, 0.717) is 18.2 Å². The SMILES string of the molecule is COc1cccc(CN[C@@H](C)c2ccccc2)c1OCc1cccc(Cl)c1. The summed E-state index contributed by atoms with van der Waals surface area (Å²) in [7, 11) is 1.66. The van der Waals surface area contributed by atoms with Gasteiger partial charge in [0.15, 0.2) is 11.5 Å². The van der Waals surface area contributed by atoms with E-state index in [1.807, 2.05) is 42.5 Å². The van der Waals surface area contributed by atoms with Gasteiger partial charge in [0.1, 0.15) is 6.61 Å². The minimum Gasteiger partial charge on any atom is -0.493 e. The molecule has 0 unspecified atom stereocenters. The molecule has 1 atom stereocenters. The van der Waals surface area contributed by atoms with Crippen molar-refractivity contribution in [2.24, 2.45) is 0 Å². The molecular formula is C23H24ClNO2. The van der Waals surface area contributed by atoms with Crippen LogP contribution in [0.15, 0.2) is 72.8 Å². The lowest BCUT2D eigenvalue weighted by molar-refractivity contribution is 0.280. The Morgan fingerprint density at radius 2 is 1.74 bits per heavy atom. The number of halogens is 1. The monoisotopic (exact) mass is 381 g/mol. The molecule has 140 valence electrons. The lowest BCUT2D eigenvalue weighted by Crippen LogP contribution is -2.18. The Kier molecular flexibility index (Phi) is 6.74. The highest BCUT2D eigenvalue weighted by molar-refractivity contribution is 6.30. The van der Waals surface area contributed by atoms with Crippen LogP contribution < -0.4 is 14.8 Å². The first-order chi connectivity index (χ1) is 13.2. The third-order valence-electron chi connectivity index (χ3n) is 4.45. The highest BCUT2D eigenvalue weighted by atomic mass is 35.5. The minimum atomic E-state index is 0.234. The van der Waals surface area contributed by atoms with E-state index in [4.69, 9.17) is 21.1 Å². The van der Waals surface area contributed by atoms with E-state index in [1.165, 1.54) is 5.56 Å². The lowest BCUT2D eigenvalue weighted by atomic mass is 10.1. The van der Waals surface area contributed by atoms with Gasteiger partial charge in [-0.1, -0.05) is 66.2 Å². The minimum absolute atomic E-state index is 0.234. The van der Waals surface area contributed by atoms with Gasteiger partial charge in [0.25, 0.3) is 0 Å². The number of ether oxygens (including phenoxy) is 2. The van der Waals surface area contributed by atoms with Crippen LogP contribution in [-0.2, 0) is 13.2 Å². The predicted octanol–water partition coefficient (Wildman–Crippen LogP) is 5.78. The average molecular weight is 382 g/mol. The van der Waals surface area contributed by atoms with Gasteiger partial charge < -0.3 is 14.8 Å². The zero-order valence-electron chi connectivity index (χ0n) is 15.6. The third kappa shape index (κ3) is 5.25. The largest absolute Gasteiger partial charge is 0.493 e. The van der Waals surface area contributed by atoms with Gasteiger partial charge in [-0.05, 0) is 36.2 Å². The molecule has 0 aliphatic rings. The molecule has 0 fully saturated rings. The first-order valence-corrected chi connectivity index (χ1v) is 9.36. The van der Waals surface area contributed by atoms with Crippen molar-refractivity contribution in [3.63, 3.8) is 0 Å². The van der Waals surface area contributed by atoms with Gasteiger partial charge in [0.2, 0.25) is 0 Å². The van der Waals surface area contributed by atoms with Gasteiger partial charge in [0, 0.05) is 23.2 Å². The van der Waals surface area contributed by atoms with Crippen molar-refractivity contribution in [2.75, 3.05) is 7.11 Å². The van der Waals surface area contributed by atoms with Gasteiger partial charge >= 0.3 is 0 Å². The van der Waals surface area contributed by atoms with Crippen molar-refractivity contribution in [2.45, 2.75) is 26.1 Å². The van der Waals surface area contributed by atoms with Crippen LogP contribution in [0.2, 0.25) is 5.02 Å². The number of benzene rings is 3. The summed E-state index contributed by atoms with van der Waals surface area (Å²) in [6.07, 6.45) is 0. The van der Waals surface area contributed by atoms with Crippen LogP contribution in [0.3, 0.4) is 0 Å². The second-order valence-electron chi connectivity index (χ2n) is 6.38. The first-order valence-electron chi connectivity index (χ1n) is 8.99. The van der Waals surface area contributed by atoms with Crippen molar-refractivity contribution >= 4 is 11.6 Å². The molecule has 3 aromatic carbocycles.